The lowest BCUT2D eigenvalue weighted by atomic mass is 9.96. The standard InChI is InChI=1S/C15H18N2O3S/c1-9-4-6-11(7-5-9)13-12(14(18)19)10(2)16-15(17-13)21-8-20-3/h4-7,13H,8H2,1-3H3,(H,16,17)(H,18,19). The number of benzene rings is 1. The molecule has 112 valence electrons. The number of carbonyl (C=O) groups is 1. The molecule has 0 fully saturated rings. The fraction of sp³-hybridized carbons (Fsp3) is 0.333. The maximum absolute atomic E-state index is 11.5. The highest BCUT2D eigenvalue weighted by Gasteiger charge is 2.28. The van der Waals surface area contributed by atoms with Crippen LogP contribution in [0.2, 0.25) is 0 Å². The van der Waals surface area contributed by atoms with E-state index < -0.39 is 12.0 Å². The Bertz CT molecular complexity index is 593. The molecular weight excluding hydrogens is 288 g/mol. The van der Waals surface area contributed by atoms with E-state index in [0.29, 0.717) is 16.8 Å². The Hall–Kier alpha value is -1.79. The Kier molecular flexibility index (Phi) is 5.03. The smallest absolute Gasteiger partial charge is 0.335 e. The molecule has 0 radical (unpaired) electrons. The molecule has 1 aromatic carbocycles. The Morgan fingerprint density at radius 1 is 1.38 bits per heavy atom. The first-order valence-electron chi connectivity index (χ1n) is 6.50. The van der Waals surface area contributed by atoms with Crippen LogP contribution in [0.25, 0.3) is 0 Å². The number of amidine groups is 1. The van der Waals surface area contributed by atoms with Crippen molar-refractivity contribution >= 4 is 22.9 Å². The topological polar surface area (TPSA) is 70.9 Å². The third kappa shape index (κ3) is 3.65. The normalized spacial score (nSPS) is 18.2. The number of nitrogens with one attached hydrogen (secondary N) is 1. The molecule has 0 spiro atoms. The van der Waals surface area contributed by atoms with Crippen LogP contribution >= 0.6 is 11.8 Å². The Labute approximate surface area is 128 Å². The van der Waals surface area contributed by atoms with Gasteiger partial charge in [0.15, 0.2) is 5.17 Å². The minimum absolute atomic E-state index is 0.278. The molecule has 1 aliphatic heterocycles. The van der Waals surface area contributed by atoms with E-state index >= 15 is 0 Å². The number of aliphatic imine (C=N–C) groups is 1. The highest BCUT2D eigenvalue weighted by atomic mass is 32.2. The van der Waals surface area contributed by atoms with Gasteiger partial charge in [-0.05, 0) is 19.4 Å². The van der Waals surface area contributed by atoms with Crippen molar-refractivity contribution in [2.45, 2.75) is 19.9 Å². The van der Waals surface area contributed by atoms with Gasteiger partial charge in [-0.3, -0.25) is 0 Å². The molecule has 5 nitrogen and oxygen atoms in total. The molecule has 2 N–H and O–H groups in total. The average Bonchev–Trinajstić information content (AvgIpc) is 2.44. The van der Waals surface area contributed by atoms with Crippen LogP contribution in [0.1, 0.15) is 24.1 Å². The van der Waals surface area contributed by atoms with Gasteiger partial charge in [0.2, 0.25) is 0 Å². The lowest BCUT2D eigenvalue weighted by Gasteiger charge is -2.24. The van der Waals surface area contributed by atoms with E-state index in [1.165, 1.54) is 11.8 Å². The van der Waals surface area contributed by atoms with Crippen molar-refractivity contribution in [3.63, 3.8) is 0 Å². The fourth-order valence-electron chi connectivity index (χ4n) is 2.10. The van der Waals surface area contributed by atoms with Crippen molar-refractivity contribution in [2.24, 2.45) is 4.99 Å². The highest BCUT2D eigenvalue weighted by molar-refractivity contribution is 8.13. The summed E-state index contributed by atoms with van der Waals surface area (Å²) in [6, 6.07) is 7.27. The maximum Gasteiger partial charge on any atom is 0.335 e. The number of carboxylic acid groups (broad SMARTS) is 1. The molecule has 0 bridgehead atoms. The van der Waals surface area contributed by atoms with Crippen LogP contribution in [0.4, 0.5) is 0 Å². The van der Waals surface area contributed by atoms with Crippen LogP contribution in [0.3, 0.4) is 0 Å². The Balaban J connectivity index is 2.38. The van der Waals surface area contributed by atoms with Gasteiger partial charge >= 0.3 is 5.97 Å². The number of hydrogen-bond donors (Lipinski definition) is 2. The monoisotopic (exact) mass is 306 g/mol. The quantitative estimate of drug-likeness (QED) is 0.837. The van der Waals surface area contributed by atoms with Gasteiger partial charge in [-0.2, -0.15) is 0 Å². The lowest BCUT2D eigenvalue weighted by Crippen LogP contribution is -2.30. The minimum Gasteiger partial charge on any atom is -0.478 e. The summed E-state index contributed by atoms with van der Waals surface area (Å²) in [5.41, 5.74) is 2.89. The van der Waals surface area contributed by atoms with Gasteiger partial charge < -0.3 is 15.2 Å². The Morgan fingerprint density at radius 2 is 2.05 bits per heavy atom. The SMILES string of the molecule is COCSC1=NC(c2ccc(C)cc2)C(C(=O)O)=C(C)N1. The van der Waals surface area contributed by atoms with E-state index in [1.54, 1.807) is 14.0 Å². The maximum atomic E-state index is 11.5. The molecule has 0 amide bonds. The molecule has 1 unspecified atom stereocenters. The van der Waals surface area contributed by atoms with Gasteiger partial charge in [0.25, 0.3) is 0 Å². The second kappa shape index (κ2) is 6.78. The first-order chi connectivity index (χ1) is 10.0. The van der Waals surface area contributed by atoms with Crippen molar-refractivity contribution in [3.05, 3.63) is 46.7 Å². The molecule has 6 heteroatoms. The number of aryl methyl sites for hydroxylation is 1. The highest BCUT2D eigenvalue weighted by Crippen LogP contribution is 2.32. The first kappa shape index (κ1) is 15.6. The number of nitrogens with zero attached hydrogens (tertiary/aromatic N) is 1. The molecule has 0 aliphatic carbocycles. The third-order valence-corrected chi connectivity index (χ3v) is 3.99. The summed E-state index contributed by atoms with van der Waals surface area (Å²) >= 11 is 1.41. The summed E-state index contributed by atoms with van der Waals surface area (Å²) in [7, 11) is 1.61. The summed E-state index contributed by atoms with van der Waals surface area (Å²) in [5, 5.41) is 13.2. The van der Waals surface area contributed by atoms with E-state index in [9.17, 15) is 9.90 Å². The zero-order chi connectivity index (χ0) is 15.4. The number of carboxylic acids is 1. The summed E-state index contributed by atoms with van der Waals surface area (Å²) < 4.78 is 5.02. The number of aliphatic carboxylic acids is 1. The van der Waals surface area contributed by atoms with E-state index in [1.807, 2.05) is 31.2 Å². The van der Waals surface area contributed by atoms with Gasteiger partial charge in [-0.1, -0.05) is 41.6 Å². The average molecular weight is 306 g/mol. The van der Waals surface area contributed by atoms with Crippen LogP contribution in [0.5, 0.6) is 0 Å². The molecular formula is C15H18N2O3S. The van der Waals surface area contributed by atoms with Gasteiger partial charge in [0.05, 0.1) is 11.5 Å². The summed E-state index contributed by atoms with van der Waals surface area (Å²) in [5.74, 6) is -0.493. The lowest BCUT2D eigenvalue weighted by molar-refractivity contribution is -0.133. The Morgan fingerprint density at radius 3 is 2.62 bits per heavy atom. The molecule has 0 aromatic heterocycles. The molecule has 1 aromatic rings. The number of methoxy groups -OCH3 is 1. The minimum atomic E-state index is -0.954. The van der Waals surface area contributed by atoms with Crippen molar-refractivity contribution in [2.75, 3.05) is 13.0 Å². The van der Waals surface area contributed by atoms with E-state index in [0.717, 1.165) is 11.1 Å². The van der Waals surface area contributed by atoms with Crippen molar-refractivity contribution in [1.29, 1.82) is 0 Å². The van der Waals surface area contributed by atoms with E-state index in [-0.39, 0.29) is 5.57 Å². The summed E-state index contributed by atoms with van der Waals surface area (Å²) in [6.07, 6.45) is 0. The predicted molar refractivity (Wildman–Crippen MR) is 84.3 cm³/mol. The number of rotatable bonds is 4. The number of thioether (sulfide) groups is 1. The molecule has 1 aliphatic rings. The largest absolute Gasteiger partial charge is 0.478 e. The molecule has 0 saturated heterocycles. The number of hydrogen-bond acceptors (Lipinski definition) is 5. The van der Waals surface area contributed by atoms with Gasteiger partial charge in [-0.25, -0.2) is 9.79 Å². The molecule has 1 atom stereocenters. The van der Waals surface area contributed by atoms with E-state index in [2.05, 4.69) is 10.3 Å². The number of allylic oxidation sites excluding steroid dienone is 1. The summed E-state index contributed by atoms with van der Waals surface area (Å²) in [6.45, 7) is 3.75. The van der Waals surface area contributed by atoms with Crippen LogP contribution < -0.4 is 5.32 Å². The fourth-order valence-corrected chi connectivity index (χ4v) is 2.74. The second-order valence-corrected chi connectivity index (χ2v) is 5.68. The van der Waals surface area contributed by atoms with Crippen molar-refractivity contribution in [3.8, 4) is 0 Å². The van der Waals surface area contributed by atoms with Gasteiger partial charge in [0, 0.05) is 12.8 Å². The second-order valence-electron chi connectivity index (χ2n) is 4.77. The van der Waals surface area contributed by atoms with Crippen molar-refractivity contribution in [1.82, 2.24) is 5.32 Å². The summed E-state index contributed by atoms with van der Waals surface area (Å²) in [4.78, 5) is 16.1. The van der Waals surface area contributed by atoms with Gasteiger partial charge in [-0.15, -0.1) is 0 Å². The first-order valence-corrected chi connectivity index (χ1v) is 7.48. The zero-order valence-corrected chi connectivity index (χ0v) is 13.0. The van der Waals surface area contributed by atoms with Crippen LogP contribution in [0, 0.1) is 6.92 Å². The van der Waals surface area contributed by atoms with E-state index in [4.69, 9.17) is 4.74 Å². The zero-order valence-electron chi connectivity index (χ0n) is 12.2. The van der Waals surface area contributed by atoms with Crippen LogP contribution in [0.15, 0.2) is 40.5 Å². The van der Waals surface area contributed by atoms with Crippen LogP contribution in [-0.2, 0) is 9.53 Å². The third-order valence-electron chi connectivity index (χ3n) is 3.16. The molecule has 0 saturated carbocycles. The molecule has 21 heavy (non-hydrogen) atoms. The van der Waals surface area contributed by atoms with Gasteiger partial charge in [0.1, 0.15) is 6.04 Å². The molecule has 2 rings (SSSR count). The van der Waals surface area contributed by atoms with Crippen molar-refractivity contribution < 1.29 is 14.6 Å². The van der Waals surface area contributed by atoms with Crippen LogP contribution in [-0.4, -0.2) is 29.3 Å². The predicted octanol–water partition coefficient (Wildman–Crippen LogP) is 2.69. The number of ether oxygens (including phenoxy) is 1. The molecule has 1 heterocycles.